The van der Waals surface area contributed by atoms with Gasteiger partial charge in [-0.1, -0.05) is 32.6 Å². The number of likely N-dealkylation sites (tertiary alicyclic amines) is 1. The van der Waals surface area contributed by atoms with Gasteiger partial charge in [0.05, 0.1) is 5.60 Å². The van der Waals surface area contributed by atoms with Gasteiger partial charge in [0.1, 0.15) is 0 Å². The largest absolute Gasteiger partial charge is 0.389 e. The van der Waals surface area contributed by atoms with Crippen LogP contribution in [0.4, 0.5) is 0 Å². The first kappa shape index (κ1) is 13.3. The van der Waals surface area contributed by atoms with E-state index in [4.69, 9.17) is 5.73 Å². The molecule has 1 heterocycles. The fraction of sp³-hybridized carbons (Fsp3) is 1.00. The second kappa shape index (κ2) is 5.68. The van der Waals surface area contributed by atoms with Gasteiger partial charge < -0.3 is 15.7 Å². The summed E-state index contributed by atoms with van der Waals surface area (Å²) in [7, 11) is 0. The summed E-state index contributed by atoms with van der Waals surface area (Å²) in [5.41, 5.74) is 5.72. The average molecular weight is 240 g/mol. The topological polar surface area (TPSA) is 49.5 Å². The van der Waals surface area contributed by atoms with E-state index in [0.29, 0.717) is 12.0 Å². The van der Waals surface area contributed by atoms with Crippen molar-refractivity contribution in [3.8, 4) is 0 Å². The Kier molecular flexibility index (Phi) is 4.45. The summed E-state index contributed by atoms with van der Waals surface area (Å²) < 4.78 is 0. The first-order valence-corrected chi connectivity index (χ1v) is 7.33. The Morgan fingerprint density at radius 1 is 1.29 bits per heavy atom. The van der Waals surface area contributed by atoms with Crippen molar-refractivity contribution in [2.24, 2.45) is 11.7 Å². The minimum Gasteiger partial charge on any atom is -0.389 e. The van der Waals surface area contributed by atoms with Gasteiger partial charge in [0.25, 0.3) is 0 Å². The summed E-state index contributed by atoms with van der Waals surface area (Å²) >= 11 is 0. The lowest BCUT2D eigenvalue weighted by molar-refractivity contribution is -0.0361. The van der Waals surface area contributed by atoms with Crippen LogP contribution < -0.4 is 5.73 Å². The van der Waals surface area contributed by atoms with Crippen LogP contribution in [0.25, 0.3) is 0 Å². The smallest absolute Gasteiger partial charge is 0.0774 e. The predicted molar refractivity (Wildman–Crippen MR) is 70.8 cm³/mol. The lowest BCUT2D eigenvalue weighted by atomic mass is 9.83. The van der Waals surface area contributed by atoms with Crippen molar-refractivity contribution in [2.45, 2.75) is 63.5 Å². The number of piperidine rings is 1. The highest BCUT2D eigenvalue weighted by Gasteiger charge is 2.34. The van der Waals surface area contributed by atoms with E-state index in [2.05, 4.69) is 11.8 Å². The third kappa shape index (κ3) is 3.43. The van der Waals surface area contributed by atoms with E-state index in [9.17, 15) is 5.11 Å². The van der Waals surface area contributed by atoms with E-state index >= 15 is 0 Å². The number of β-amino-alcohol motifs (C(OH)–C–C–N with tert-alkyl or cyclic N) is 1. The van der Waals surface area contributed by atoms with Gasteiger partial charge in [0.2, 0.25) is 0 Å². The molecule has 3 N–H and O–H groups in total. The van der Waals surface area contributed by atoms with Crippen LogP contribution in [-0.4, -0.2) is 41.3 Å². The van der Waals surface area contributed by atoms with Crippen molar-refractivity contribution in [1.29, 1.82) is 0 Å². The summed E-state index contributed by atoms with van der Waals surface area (Å²) in [6.45, 7) is 5.25. The van der Waals surface area contributed by atoms with Crippen LogP contribution in [0.3, 0.4) is 0 Å². The first-order valence-electron chi connectivity index (χ1n) is 7.33. The highest BCUT2D eigenvalue weighted by Crippen LogP contribution is 2.30. The van der Waals surface area contributed by atoms with Crippen LogP contribution >= 0.6 is 0 Å². The quantitative estimate of drug-likeness (QED) is 0.790. The summed E-state index contributed by atoms with van der Waals surface area (Å²) in [4.78, 5) is 2.45. The molecular formula is C14H28N2O. The van der Waals surface area contributed by atoms with E-state index in [1.807, 2.05) is 0 Å². The molecule has 2 fully saturated rings. The molecule has 3 heteroatoms. The third-order valence-electron chi connectivity index (χ3n) is 4.70. The van der Waals surface area contributed by atoms with Crippen molar-refractivity contribution < 1.29 is 5.11 Å². The van der Waals surface area contributed by atoms with Crippen molar-refractivity contribution in [3.63, 3.8) is 0 Å². The van der Waals surface area contributed by atoms with Gasteiger partial charge in [0.15, 0.2) is 0 Å². The molecule has 0 aromatic carbocycles. The number of hydrogen-bond acceptors (Lipinski definition) is 3. The van der Waals surface area contributed by atoms with E-state index < -0.39 is 5.60 Å². The minimum absolute atomic E-state index is 0.372. The summed E-state index contributed by atoms with van der Waals surface area (Å²) in [6.07, 6.45) is 7.93. The molecule has 2 rings (SSSR count). The molecule has 0 aromatic heterocycles. The first-order chi connectivity index (χ1) is 8.13. The SMILES string of the molecule is CCC1CN(CC2(O)CCCCC2)CCC1N. The highest BCUT2D eigenvalue weighted by molar-refractivity contribution is 4.89. The standard InChI is InChI=1S/C14H28N2O/c1-2-12-10-16(9-6-13(12)15)11-14(17)7-4-3-5-8-14/h12-13,17H,2-11,15H2,1H3. The summed E-state index contributed by atoms with van der Waals surface area (Å²) in [6, 6.07) is 0.372. The average Bonchev–Trinajstić information content (AvgIpc) is 2.32. The zero-order valence-electron chi connectivity index (χ0n) is 11.2. The van der Waals surface area contributed by atoms with Crippen molar-refractivity contribution in [2.75, 3.05) is 19.6 Å². The molecule has 1 aliphatic heterocycles. The van der Waals surface area contributed by atoms with Gasteiger partial charge in [0, 0.05) is 19.1 Å². The van der Waals surface area contributed by atoms with Gasteiger partial charge in [-0.05, 0) is 31.7 Å². The Bertz CT molecular complexity index is 238. The van der Waals surface area contributed by atoms with Crippen LogP contribution in [0.2, 0.25) is 0 Å². The maximum Gasteiger partial charge on any atom is 0.0774 e. The monoisotopic (exact) mass is 240 g/mol. The second-order valence-corrected chi connectivity index (χ2v) is 6.14. The minimum atomic E-state index is -0.405. The van der Waals surface area contributed by atoms with Crippen molar-refractivity contribution in [1.82, 2.24) is 4.90 Å². The molecule has 3 nitrogen and oxygen atoms in total. The lowest BCUT2D eigenvalue weighted by Crippen LogP contribution is -2.52. The second-order valence-electron chi connectivity index (χ2n) is 6.14. The number of rotatable bonds is 3. The maximum atomic E-state index is 10.6. The van der Waals surface area contributed by atoms with Crippen molar-refractivity contribution in [3.05, 3.63) is 0 Å². The molecule has 0 aromatic rings. The predicted octanol–water partition coefficient (Wildman–Crippen LogP) is 1.74. The molecule has 0 amide bonds. The number of nitrogens with zero attached hydrogens (tertiary/aromatic N) is 1. The van der Waals surface area contributed by atoms with Crippen LogP contribution in [-0.2, 0) is 0 Å². The van der Waals surface area contributed by atoms with Gasteiger partial charge in [-0.3, -0.25) is 0 Å². The van der Waals surface area contributed by atoms with E-state index in [0.717, 1.165) is 45.3 Å². The molecule has 2 atom stereocenters. The highest BCUT2D eigenvalue weighted by atomic mass is 16.3. The Morgan fingerprint density at radius 3 is 2.65 bits per heavy atom. The maximum absolute atomic E-state index is 10.6. The molecule has 100 valence electrons. The molecule has 1 saturated heterocycles. The normalized spacial score (nSPS) is 34.8. The number of aliphatic hydroxyl groups is 1. The molecular weight excluding hydrogens is 212 g/mol. The number of hydrogen-bond donors (Lipinski definition) is 2. The molecule has 2 aliphatic rings. The number of nitrogens with two attached hydrogens (primary N) is 1. The van der Waals surface area contributed by atoms with Crippen LogP contribution in [0.1, 0.15) is 51.9 Å². The lowest BCUT2D eigenvalue weighted by Gasteiger charge is -2.42. The van der Waals surface area contributed by atoms with Crippen LogP contribution in [0.5, 0.6) is 0 Å². The van der Waals surface area contributed by atoms with Gasteiger partial charge in [-0.25, -0.2) is 0 Å². The van der Waals surface area contributed by atoms with E-state index in [1.54, 1.807) is 0 Å². The van der Waals surface area contributed by atoms with Gasteiger partial charge >= 0.3 is 0 Å². The Labute approximate surface area is 105 Å². The molecule has 1 saturated carbocycles. The van der Waals surface area contributed by atoms with Crippen molar-refractivity contribution >= 4 is 0 Å². The van der Waals surface area contributed by atoms with E-state index in [1.165, 1.54) is 19.3 Å². The molecule has 0 radical (unpaired) electrons. The Balaban J connectivity index is 1.86. The van der Waals surface area contributed by atoms with E-state index in [-0.39, 0.29) is 0 Å². The fourth-order valence-corrected chi connectivity index (χ4v) is 3.49. The van der Waals surface area contributed by atoms with Crippen LogP contribution in [0, 0.1) is 5.92 Å². The molecule has 0 bridgehead atoms. The zero-order valence-corrected chi connectivity index (χ0v) is 11.2. The molecule has 0 spiro atoms. The summed E-state index contributed by atoms with van der Waals surface area (Å²) in [5.74, 6) is 0.621. The molecule has 1 aliphatic carbocycles. The van der Waals surface area contributed by atoms with Crippen LogP contribution in [0.15, 0.2) is 0 Å². The zero-order chi connectivity index (χ0) is 12.3. The summed E-state index contributed by atoms with van der Waals surface area (Å²) in [5, 5.41) is 10.6. The van der Waals surface area contributed by atoms with Gasteiger partial charge in [-0.2, -0.15) is 0 Å². The Morgan fingerprint density at radius 2 is 2.00 bits per heavy atom. The fourth-order valence-electron chi connectivity index (χ4n) is 3.49. The van der Waals surface area contributed by atoms with Gasteiger partial charge in [-0.15, -0.1) is 0 Å². The molecule has 17 heavy (non-hydrogen) atoms. The third-order valence-corrected chi connectivity index (χ3v) is 4.70. The Hall–Kier alpha value is -0.120. The molecule has 2 unspecified atom stereocenters.